The van der Waals surface area contributed by atoms with Crippen LogP contribution >= 0.6 is 0 Å². The van der Waals surface area contributed by atoms with E-state index < -0.39 is 0 Å². The molecule has 1 aliphatic heterocycles. The Morgan fingerprint density at radius 2 is 2.45 bits per heavy atom. The van der Waals surface area contributed by atoms with Crippen LogP contribution in [0.25, 0.3) is 0 Å². The molecular weight excluding hydrogens is 144 g/mol. The molecule has 0 amide bonds. The zero-order valence-corrected chi connectivity index (χ0v) is 6.37. The van der Waals surface area contributed by atoms with Crippen LogP contribution in [0.3, 0.4) is 0 Å². The lowest BCUT2D eigenvalue weighted by Crippen LogP contribution is -2.03. The van der Waals surface area contributed by atoms with Crippen LogP contribution < -0.4 is 0 Å². The minimum Gasteiger partial charge on any atom is -0.462 e. The van der Waals surface area contributed by atoms with E-state index in [1.54, 1.807) is 13.0 Å². The second-order valence-electron chi connectivity index (χ2n) is 2.44. The molecule has 0 aromatic heterocycles. The van der Waals surface area contributed by atoms with Gasteiger partial charge in [-0.25, -0.2) is 4.79 Å². The van der Waals surface area contributed by atoms with Crippen molar-refractivity contribution in [3.8, 4) is 0 Å². The molecule has 11 heavy (non-hydrogen) atoms. The molecular formula is C8H10O3. The van der Waals surface area contributed by atoms with Gasteiger partial charge in [-0.05, 0) is 6.92 Å². The molecule has 1 aliphatic rings. The average molecular weight is 154 g/mol. The van der Waals surface area contributed by atoms with Crippen molar-refractivity contribution in [3.05, 3.63) is 11.6 Å². The van der Waals surface area contributed by atoms with Crippen molar-refractivity contribution in [2.24, 2.45) is 5.92 Å². The lowest BCUT2D eigenvalue weighted by molar-refractivity contribution is -0.135. The summed E-state index contributed by atoms with van der Waals surface area (Å²) in [5.74, 6) is -0.288. The summed E-state index contributed by atoms with van der Waals surface area (Å²) in [7, 11) is 0. The summed E-state index contributed by atoms with van der Waals surface area (Å²) in [4.78, 5) is 21.0. The summed E-state index contributed by atoms with van der Waals surface area (Å²) >= 11 is 0. The van der Waals surface area contributed by atoms with Crippen molar-refractivity contribution in [2.45, 2.75) is 13.3 Å². The van der Waals surface area contributed by atoms with Crippen molar-refractivity contribution in [1.29, 1.82) is 0 Å². The van der Waals surface area contributed by atoms with E-state index in [0.29, 0.717) is 18.6 Å². The maximum absolute atomic E-state index is 10.9. The van der Waals surface area contributed by atoms with Gasteiger partial charge < -0.3 is 9.53 Å². The maximum atomic E-state index is 10.9. The van der Waals surface area contributed by atoms with E-state index in [2.05, 4.69) is 0 Å². The first kappa shape index (κ1) is 7.98. The predicted molar refractivity (Wildman–Crippen MR) is 38.9 cm³/mol. The van der Waals surface area contributed by atoms with Gasteiger partial charge in [-0.2, -0.15) is 0 Å². The molecule has 60 valence electrons. The molecule has 0 radical (unpaired) electrons. The van der Waals surface area contributed by atoms with Crippen LogP contribution in [0.4, 0.5) is 0 Å². The number of rotatable bonds is 2. The molecule has 3 nitrogen and oxygen atoms in total. The van der Waals surface area contributed by atoms with Crippen LogP contribution in [0.2, 0.25) is 0 Å². The monoisotopic (exact) mass is 154 g/mol. The van der Waals surface area contributed by atoms with E-state index in [1.807, 2.05) is 0 Å². The van der Waals surface area contributed by atoms with Crippen molar-refractivity contribution in [2.75, 3.05) is 6.61 Å². The van der Waals surface area contributed by atoms with Gasteiger partial charge in [0.05, 0.1) is 6.61 Å². The minimum absolute atomic E-state index is 0.00926. The Morgan fingerprint density at radius 1 is 1.73 bits per heavy atom. The molecule has 1 fully saturated rings. The lowest BCUT2D eigenvalue weighted by atomic mass is 10.00. The first-order chi connectivity index (χ1) is 5.29. The number of hydrogen-bond acceptors (Lipinski definition) is 3. The van der Waals surface area contributed by atoms with E-state index in [0.717, 1.165) is 6.29 Å². The first-order valence-electron chi connectivity index (χ1n) is 3.56. The molecule has 0 bridgehead atoms. The van der Waals surface area contributed by atoms with E-state index >= 15 is 0 Å². The molecule has 1 heterocycles. The molecule has 3 heteroatoms. The third-order valence-corrected chi connectivity index (χ3v) is 1.78. The van der Waals surface area contributed by atoms with Gasteiger partial charge in [-0.3, -0.25) is 0 Å². The van der Waals surface area contributed by atoms with Crippen LogP contribution in [-0.4, -0.2) is 18.9 Å². The van der Waals surface area contributed by atoms with Gasteiger partial charge in [0.2, 0.25) is 0 Å². The smallest absolute Gasteiger partial charge is 0.334 e. The summed E-state index contributed by atoms with van der Waals surface area (Å²) in [5.41, 5.74) is 0.636. The predicted octanol–water partition coefficient (Wildman–Crippen LogP) is 0.695. The number of esters is 1. The highest BCUT2D eigenvalue weighted by molar-refractivity contribution is 5.91. The Hall–Kier alpha value is -1.12. The van der Waals surface area contributed by atoms with E-state index in [1.165, 1.54) is 0 Å². The van der Waals surface area contributed by atoms with Crippen molar-refractivity contribution in [1.82, 2.24) is 0 Å². The van der Waals surface area contributed by atoms with Gasteiger partial charge in [0, 0.05) is 17.9 Å². The van der Waals surface area contributed by atoms with Crippen LogP contribution in [0.15, 0.2) is 11.6 Å². The highest BCUT2D eigenvalue weighted by Gasteiger charge is 2.28. The van der Waals surface area contributed by atoms with Crippen molar-refractivity contribution in [3.63, 3.8) is 0 Å². The van der Waals surface area contributed by atoms with Crippen molar-refractivity contribution >= 4 is 12.3 Å². The number of allylic oxidation sites excluding steroid dienone is 1. The fourth-order valence-corrected chi connectivity index (χ4v) is 1.18. The molecule has 1 atom stereocenters. The van der Waals surface area contributed by atoms with Crippen LogP contribution in [0.5, 0.6) is 0 Å². The largest absolute Gasteiger partial charge is 0.462 e. The number of ether oxygens (including phenoxy) is 1. The second-order valence-corrected chi connectivity index (χ2v) is 2.44. The molecule has 0 saturated carbocycles. The van der Waals surface area contributed by atoms with Crippen LogP contribution in [0.1, 0.15) is 13.3 Å². The molecule has 1 rings (SSSR count). The Labute approximate surface area is 65.0 Å². The number of carbonyl (C=O) groups is 2. The third-order valence-electron chi connectivity index (χ3n) is 1.78. The SMILES string of the molecule is C/C=C1\C(=O)OCC1CC=O. The van der Waals surface area contributed by atoms with Gasteiger partial charge in [0.25, 0.3) is 0 Å². The van der Waals surface area contributed by atoms with Gasteiger partial charge in [-0.1, -0.05) is 6.08 Å². The highest BCUT2D eigenvalue weighted by atomic mass is 16.5. The quantitative estimate of drug-likeness (QED) is 0.334. The molecule has 0 spiro atoms. The van der Waals surface area contributed by atoms with Gasteiger partial charge >= 0.3 is 5.97 Å². The number of cyclic esters (lactones) is 1. The van der Waals surface area contributed by atoms with Crippen molar-refractivity contribution < 1.29 is 14.3 Å². The molecule has 1 unspecified atom stereocenters. The zero-order valence-electron chi connectivity index (χ0n) is 6.37. The molecule has 0 N–H and O–H groups in total. The summed E-state index contributed by atoms with van der Waals surface area (Å²) in [6.45, 7) is 2.14. The van der Waals surface area contributed by atoms with Crippen LogP contribution in [0, 0.1) is 5.92 Å². The normalized spacial score (nSPS) is 27.2. The summed E-state index contributed by atoms with van der Waals surface area (Å²) < 4.78 is 4.76. The van der Waals surface area contributed by atoms with E-state index in [9.17, 15) is 9.59 Å². The molecule has 0 aromatic rings. The van der Waals surface area contributed by atoms with Gasteiger partial charge in [0.15, 0.2) is 0 Å². The number of aldehydes is 1. The average Bonchev–Trinajstić information content (AvgIpc) is 2.33. The molecule has 0 aromatic carbocycles. The Morgan fingerprint density at radius 3 is 3.00 bits per heavy atom. The Kier molecular flexibility index (Phi) is 2.41. The fraction of sp³-hybridized carbons (Fsp3) is 0.500. The fourth-order valence-electron chi connectivity index (χ4n) is 1.18. The highest BCUT2D eigenvalue weighted by Crippen LogP contribution is 2.22. The van der Waals surface area contributed by atoms with Gasteiger partial charge in [0.1, 0.15) is 6.29 Å². The summed E-state index contributed by atoms with van der Waals surface area (Å²) in [6, 6.07) is 0. The molecule has 0 aliphatic carbocycles. The lowest BCUT2D eigenvalue weighted by Gasteiger charge is -1.99. The Bertz CT molecular complexity index is 205. The third kappa shape index (κ3) is 1.48. The standard InChI is InChI=1S/C8H10O3/c1-2-7-6(3-4-9)5-11-8(7)10/h2,4,6H,3,5H2,1H3/b7-2-. The number of hydrogen-bond donors (Lipinski definition) is 0. The summed E-state index contributed by atoms with van der Waals surface area (Å²) in [5, 5.41) is 0. The topological polar surface area (TPSA) is 43.4 Å². The van der Waals surface area contributed by atoms with Gasteiger partial charge in [-0.15, -0.1) is 0 Å². The summed E-state index contributed by atoms with van der Waals surface area (Å²) in [6.07, 6.45) is 2.91. The van der Waals surface area contributed by atoms with Crippen LogP contribution in [-0.2, 0) is 14.3 Å². The minimum atomic E-state index is -0.278. The zero-order chi connectivity index (χ0) is 8.27. The number of carbonyl (C=O) groups excluding carboxylic acids is 2. The second kappa shape index (κ2) is 3.32. The van der Waals surface area contributed by atoms with E-state index in [4.69, 9.17) is 4.74 Å². The first-order valence-corrected chi connectivity index (χ1v) is 3.56. The maximum Gasteiger partial charge on any atom is 0.334 e. The van der Waals surface area contributed by atoms with E-state index in [-0.39, 0.29) is 11.9 Å². The Balaban J connectivity index is 2.69. The molecule has 1 saturated heterocycles.